The largest absolute Gasteiger partial charge is 0.519 e. The number of amides is 3. The quantitative estimate of drug-likeness (QED) is 0.0187. The Morgan fingerprint density at radius 3 is 2.00 bits per heavy atom. The molecule has 370 valence electrons. The van der Waals surface area contributed by atoms with E-state index in [1.807, 2.05) is 60.5 Å². The van der Waals surface area contributed by atoms with Crippen LogP contribution in [0.25, 0.3) is 10.4 Å². The van der Waals surface area contributed by atoms with E-state index >= 15 is 0 Å². The number of nitro benzene ring substituents is 1. The van der Waals surface area contributed by atoms with Gasteiger partial charge in [0.25, 0.3) is 5.69 Å². The lowest BCUT2D eigenvalue weighted by molar-refractivity contribution is -0.384. The van der Waals surface area contributed by atoms with Crippen LogP contribution in [0, 0.1) is 39.7 Å². The van der Waals surface area contributed by atoms with Crippen molar-refractivity contribution in [2.75, 3.05) is 48.5 Å². The molecule has 1 aliphatic heterocycles. The number of nitro groups is 1. The summed E-state index contributed by atoms with van der Waals surface area (Å²) < 4.78 is 22.4. The van der Waals surface area contributed by atoms with Gasteiger partial charge < -0.3 is 34.1 Å². The molecule has 0 aliphatic carbocycles. The summed E-state index contributed by atoms with van der Waals surface area (Å²) >= 11 is 0. The van der Waals surface area contributed by atoms with E-state index in [2.05, 4.69) is 15.3 Å². The van der Waals surface area contributed by atoms with Crippen LogP contribution in [0.2, 0.25) is 0 Å². The van der Waals surface area contributed by atoms with Crippen LogP contribution >= 0.6 is 0 Å². The van der Waals surface area contributed by atoms with E-state index in [0.29, 0.717) is 25.8 Å². The van der Waals surface area contributed by atoms with Crippen molar-refractivity contribution in [2.45, 2.75) is 123 Å². The molecular formula is C48H72N8O11. The second-order valence-corrected chi connectivity index (χ2v) is 18.4. The summed E-state index contributed by atoms with van der Waals surface area (Å²) in [7, 11) is 8.55. The standard InChI is InChI=1S/C48H72N8O11/c1-13-31(6)44(54(10)47(60)38(29(2)3)26-40(57)43(30(4)5)53(8)9)41(64-11)27-42(58)55-24-14-15-39(55)45(65-12)32(7)46(59)51-34(28-50-52-49)25-33-16-20-36(21-17-33)66-48(61)67-37-22-18-35(19-23-37)56(62)63/h16-23,29-32,34,38-39,41,43-45H,13-15,24-28H2,1-12H3,(H,51,59)/t31-,32+,34-,38-,39-,41+,43-,44-,45+/m0/s1. The molecule has 0 bridgehead atoms. The van der Waals surface area contributed by atoms with Gasteiger partial charge in [-0.2, -0.15) is 0 Å². The third-order valence-electron chi connectivity index (χ3n) is 12.9. The van der Waals surface area contributed by atoms with Gasteiger partial charge in [-0.25, -0.2) is 4.79 Å². The predicted molar refractivity (Wildman–Crippen MR) is 252 cm³/mol. The van der Waals surface area contributed by atoms with Gasteiger partial charge in [0.15, 0.2) is 5.78 Å². The summed E-state index contributed by atoms with van der Waals surface area (Å²) in [6.07, 6.45) is -0.0474. The molecule has 2 aromatic rings. The Hall–Kier alpha value is -5.62. The van der Waals surface area contributed by atoms with Gasteiger partial charge in [0.1, 0.15) is 11.5 Å². The highest BCUT2D eigenvalue weighted by atomic mass is 16.7. The predicted octanol–water partition coefficient (Wildman–Crippen LogP) is 7.25. The first-order chi connectivity index (χ1) is 31.7. The van der Waals surface area contributed by atoms with E-state index in [1.165, 1.54) is 43.5 Å². The molecule has 0 saturated carbocycles. The van der Waals surface area contributed by atoms with Crippen LogP contribution in [0.3, 0.4) is 0 Å². The van der Waals surface area contributed by atoms with Crippen LogP contribution in [0.5, 0.6) is 11.5 Å². The maximum atomic E-state index is 14.4. The third kappa shape index (κ3) is 15.7. The molecule has 19 heteroatoms. The molecular weight excluding hydrogens is 865 g/mol. The second kappa shape index (κ2) is 26.6. The van der Waals surface area contributed by atoms with Crippen molar-refractivity contribution in [1.29, 1.82) is 0 Å². The van der Waals surface area contributed by atoms with Crippen molar-refractivity contribution in [3.05, 3.63) is 74.7 Å². The monoisotopic (exact) mass is 937 g/mol. The lowest BCUT2D eigenvalue weighted by Crippen LogP contribution is -2.54. The molecule has 0 radical (unpaired) electrons. The molecule has 0 spiro atoms. The molecule has 19 nitrogen and oxygen atoms in total. The molecule has 2 aromatic carbocycles. The second-order valence-electron chi connectivity index (χ2n) is 18.4. The zero-order valence-electron chi connectivity index (χ0n) is 41.2. The lowest BCUT2D eigenvalue weighted by Gasteiger charge is -2.41. The molecule has 1 saturated heterocycles. The number of benzene rings is 2. The summed E-state index contributed by atoms with van der Waals surface area (Å²) in [6.45, 7) is 14.1. The van der Waals surface area contributed by atoms with Crippen molar-refractivity contribution in [2.24, 2.45) is 34.7 Å². The number of nitrogens with zero attached hydrogens (tertiary/aromatic N) is 7. The maximum Gasteiger partial charge on any atom is 0.519 e. The third-order valence-corrected chi connectivity index (χ3v) is 12.9. The average molecular weight is 937 g/mol. The molecule has 0 unspecified atom stereocenters. The van der Waals surface area contributed by atoms with Gasteiger partial charge in [0, 0.05) is 69.8 Å². The summed E-state index contributed by atoms with van der Waals surface area (Å²) in [6, 6.07) is 9.52. The average Bonchev–Trinajstić information content (AvgIpc) is 3.77. The van der Waals surface area contributed by atoms with Crippen LogP contribution in [0.4, 0.5) is 10.5 Å². The Morgan fingerprint density at radius 1 is 0.910 bits per heavy atom. The van der Waals surface area contributed by atoms with Gasteiger partial charge >= 0.3 is 6.16 Å². The van der Waals surface area contributed by atoms with Gasteiger partial charge in [0.2, 0.25) is 17.7 Å². The van der Waals surface area contributed by atoms with Crippen molar-refractivity contribution >= 4 is 35.3 Å². The number of non-ortho nitro benzene ring substituents is 1. The number of ether oxygens (including phenoxy) is 4. The Morgan fingerprint density at radius 2 is 1.51 bits per heavy atom. The first kappa shape index (κ1) is 55.7. The molecule has 1 fully saturated rings. The SMILES string of the molecule is CC[C@H](C)[C@@H]([C@@H](CC(=O)N1CCC[C@H]1[C@H](OC)[C@@H](C)C(=O)N[C@H](CN=[N+]=[N-])Cc1ccc(OC(=O)Oc2ccc([N+](=O)[O-])cc2)cc1)OC)N(C)C(=O)[C@@H](CC(=O)[C@H](C(C)C)N(C)C)C(C)C. The number of carbonyl (C=O) groups excluding carboxylic acids is 5. The van der Waals surface area contributed by atoms with E-state index in [1.54, 1.807) is 43.0 Å². The van der Waals surface area contributed by atoms with Gasteiger partial charge in [-0.1, -0.05) is 72.1 Å². The Bertz CT molecular complexity index is 2000. The number of hydrogen-bond acceptors (Lipinski definition) is 13. The lowest BCUT2D eigenvalue weighted by atomic mass is 9.83. The van der Waals surface area contributed by atoms with Crippen LogP contribution in [0.15, 0.2) is 53.6 Å². The van der Waals surface area contributed by atoms with E-state index < -0.39 is 53.2 Å². The molecule has 3 rings (SSSR count). The molecule has 67 heavy (non-hydrogen) atoms. The Balaban J connectivity index is 1.72. The first-order valence-electron chi connectivity index (χ1n) is 23.0. The topological polar surface area (TPSA) is 236 Å². The fourth-order valence-corrected chi connectivity index (χ4v) is 9.23. The molecule has 9 atom stereocenters. The Labute approximate surface area is 394 Å². The zero-order valence-corrected chi connectivity index (χ0v) is 41.2. The highest BCUT2D eigenvalue weighted by Gasteiger charge is 2.43. The van der Waals surface area contributed by atoms with E-state index in [4.69, 9.17) is 24.5 Å². The van der Waals surface area contributed by atoms with Crippen molar-refractivity contribution in [3.63, 3.8) is 0 Å². The highest BCUT2D eigenvalue weighted by Crippen LogP contribution is 2.31. The number of likely N-dealkylation sites (tertiary alicyclic amines) is 1. The minimum Gasteiger partial charge on any atom is -0.395 e. The van der Waals surface area contributed by atoms with E-state index in [0.717, 1.165) is 5.56 Å². The molecule has 1 heterocycles. The van der Waals surface area contributed by atoms with Crippen molar-refractivity contribution in [1.82, 2.24) is 20.0 Å². The molecule has 1 N–H and O–H groups in total. The fourth-order valence-electron chi connectivity index (χ4n) is 9.23. The normalized spacial score (nSPS) is 17.4. The number of likely N-dealkylation sites (N-methyl/N-ethyl adjacent to an activating group) is 2. The van der Waals surface area contributed by atoms with Crippen LogP contribution < -0.4 is 14.8 Å². The smallest absolute Gasteiger partial charge is 0.395 e. The molecule has 0 aromatic heterocycles. The number of methoxy groups -OCH3 is 2. The summed E-state index contributed by atoms with van der Waals surface area (Å²) in [5.41, 5.74) is 9.71. The summed E-state index contributed by atoms with van der Waals surface area (Å²) in [4.78, 5) is 87.2. The van der Waals surface area contributed by atoms with Crippen molar-refractivity contribution < 1.29 is 47.8 Å². The van der Waals surface area contributed by atoms with Crippen molar-refractivity contribution in [3.8, 4) is 11.5 Å². The number of nitrogens with one attached hydrogen (secondary N) is 1. The summed E-state index contributed by atoms with van der Waals surface area (Å²) in [5.74, 6) is -1.84. The zero-order chi connectivity index (χ0) is 50.1. The number of carbonyl (C=O) groups is 5. The number of rotatable bonds is 26. The molecule has 1 aliphatic rings. The highest BCUT2D eigenvalue weighted by molar-refractivity contribution is 5.90. The maximum absolute atomic E-state index is 14.4. The number of ketones is 1. The van der Waals surface area contributed by atoms with Gasteiger partial charge in [-0.05, 0) is 86.5 Å². The van der Waals surface area contributed by atoms with Crippen LogP contribution in [-0.4, -0.2) is 134 Å². The number of azide groups is 1. The van der Waals surface area contributed by atoms with Gasteiger partial charge in [-0.15, -0.1) is 0 Å². The van der Waals surface area contributed by atoms with E-state index in [9.17, 15) is 34.1 Å². The van der Waals surface area contributed by atoms with E-state index in [-0.39, 0.29) is 90.3 Å². The minimum atomic E-state index is -1.05. The summed E-state index contributed by atoms with van der Waals surface area (Å²) in [5, 5.41) is 17.6. The van der Waals surface area contributed by atoms with Gasteiger partial charge in [0.05, 0.1) is 47.6 Å². The number of hydrogen-bond donors (Lipinski definition) is 1. The van der Waals surface area contributed by atoms with Gasteiger partial charge in [-0.3, -0.25) is 34.2 Å². The van der Waals surface area contributed by atoms with Crippen LogP contribution in [-0.2, 0) is 35.1 Å². The number of Topliss-reactive ketones (excluding diaryl/α,β-unsaturated/α-hetero) is 1. The first-order valence-corrected chi connectivity index (χ1v) is 23.0. The Kier molecular flexibility index (Phi) is 22.2. The molecule has 3 amide bonds. The van der Waals surface area contributed by atoms with Crippen LogP contribution in [0.1, 0.15) is 86.1 Å². The minimum absolute atomic E-state index is 0.0169. The fraction of sp³-hybridized carbons (Fsp3) is 0.646.